The van der Waals surface area contributed by atoms with E-state index < -0.39 is 0 Å². The molecular weight excluding hydrogens is 352 g/mol. The summed E-state index contributed by atoms with van der Waals surface area (Å²) in [4.78, 5) is 5.69. The molecule has 3 aromatic rings. The zero-order valence-electron chi connectivity index (χ0n) is 13.9. The van der Waals surface area contributed by atoms with E-state index in [1.807, 2.05) is 48.0 Å². The van der Waals surface area contributed by atoms with E-state index in [9.17, 15) is 5.26 Å². The van der Waals surface area contributed by atoms with Gasteiger partial charge in [0.05, 0.1) is 29.9 Å². The lowest BCUT2D eigenvalue weighted by atomic mass is 10.1. The second-order valence-electron chi connectivity index (χ2n) is 5.00. The van der Waals surface area contributed by atoms with Gasteiger partial charge in [0.1, 0.15) is 11.1 Å². The standard InChI is InChI=1S/C19H16N2O2S2/c1-3-23-16-7-4-6-13(18(16)22-2)10-14(11-20)19-21-15(12-25-19)17-8-5-9-24-17/h4-10,12H,3H2,1-2H3/b14-10-. The maximum absolute atomic E-state index is 9.60. The van der Waals surface area contributed by atoms with Crippen molar-refractivity contribution < 1.29 is 9.47 Å². The highest BCUT2D eigenvalue weighted by Gasteiger charge is 2.13. The van der Waals surface area contributed by atoms with Gasteiger partial charge in [-0.15, -0.1) is 22.7 Å². The molecule has 0 radical (unpaired) electrons. The van der Waals surface area contributed by atoms with Gasteiger partial charge in [-0.2, -0.15) is 5.26 Å². The summed E-state index contributed by atoms with van der Waals surface area (Å²) in [5.74, 6) is 1.28. The summed E-state index contributed by atoms with van der Waals surface area (Å²) in [6.45, 7) is 2.47. The van der Waals surface area contributed by atoms with Crippen molar-refractivity contribution in [3.05, 3.63) is 51.7 Å². The van der Waals surface area contributed by atoms with E-state index >= 15 is 0 Å². The molecule has 0 bridgehead atoms. The smallest absolute Gasteiger partial charge is 0.167 e. The molecule has 0 unspecified atom stereocenters. The van der Waals surface area contributed by atoms with Gasteiger partial charge in [0.2, 0.25) is 0 Å². The number of para-hydroxylation sites is 1. The van der Waals surface area contributed by atoms with Gasteiger partial charge >= 0.3 is 0 Å². The van der Waals surface area contributed by atoms with Gasteiger partial charge in [-0.05, 0) is 30.5 Å². The molecule has 0 saturated heterocycles. The zero-order chi connectivity index (χ0) is 17.6. The van der Waals surface area contributed by atoms with Crippen LogP contribution in [0.5, 0.6) is 11.5 Å². The number of nitrogens with zero attached hydrogens (tertiary/aromatic N) is 2. The molecule has 0 amide bonds. The molecule has 0 N–H and O–H groups in total. The van der Waals surface area contributed by atoms with E-state index in [2.05, 4.69) is 11.1 Å². The Kier molecular flexibility index (Phi) is 5.49. The molecule has 1 aromatic carbocycles. The van der Waals surface area contributed by atoms with Crippen LogP contribution in [0.1, 0.15) is 17.5 Å². The normalized spacial score (nSPS) is 11.2. The SMILES string of the molecule is CCOc1cccc(/C=C(/C#N)c2nc(-c3cccs3)cs2)c1OC. The Balaban J connectivity index is 1.99. The van der Waals surface area contributed by atoms with Crippen LogP contribution in [0.2, 0.25) is 0 Å². The first-order valence-electron chi connectivity index (χ1n) is 7.68. The van der Waals surface area contributed by atoms with Crippen LogP contribution in [-0.4, -0.2) is 18.7 Å². The van der Waals surface area contributed by atoms with Gasteiger partial charge in [-0.1, -0.05) is 18.2 Å². The van der Waals surface area contributed by atoms with Crippen molar-refractivity contribution in [3.8, 4) is 28.1 Å². The number of hydrogen-bond acceptors (Lipinski definition) is 6. The Morgan fingerprint density at radius 1 is 1.28 bits per heavy atom. The summed E-state index contributed by atoms with van der Waals surface area (Å²) in [5.41, 5.74) is 2.18. The quantitative estimate of drug-likeness (QED) is 0.551. The van der Waals surface area contributed by atoms with Crippen LogP contribution in [0, 0.1) is 11.3 Å². The van der Waals surface area contributed by atoms with E-state index in [0.717, 1.165) is 16.1 Å². The van der Waals surface area contributed by atoms with Crippen LogP contribution in [0.25, 0.3) is 22.2 Å². The Labute approximate surface area is 154 Å². The highest BCUT2D eigenvalue weighted by molar-refractivity contribution is 7.14. The maximum Gasteiger partial charge on any atom is 0.167 e. The summed E-state index contributed by atoms with van der Waals surface area (Å²) in [6, 6.07) is 11.9. The Morgan fingerprint density at radius 3 is 2.84 bits per heavy atom. The maximum atomic E-state index is 9.60. The molecule has 2 aromatic heterocycles. The van der Waals surface area contributed by atoms with E-state index in [-0.39, 0.29) is 0 Å². The molecule has 25 heavy (non-hydrogen) atoms. The minimum Gasteiger partial charge on any atom is -0.492 e. The van der Waals surface area contributed by atoms with Crippen molar-refractivity contribution >= 4 is 34.3 Å². The summed E-state index contributed by atoms with van der Waals surface area (Å²) < 4.78 is 11.1. The first-order chi connectivity index (χ1) is 12.3. The molecule has 0 saturated carbocycles. The summed E-state index contributed by atoms with van der Waals surface area (Å²) in [5, 5.41) is 14.3. The number of hydrogen-bond donors (Lipinski definition) is 0. The molecule has 6 heteroatoms. The van der Waals surface area contributed by atoms with Gasteiger partial charge in [-0.25, -0.2) is 4.98 Å². The minimum absolute atomic E-state index is 0.500. The molecule has 126 valence electrons. The number of thiophene rings is 1. The predicted molar refractivity (Wildman–Crippen MR) is 103 cm³/mol. The number of ether oxygens (including phenoxy) is 2. The summed E-state index contributed by atoms with van der Waals surface area (Å²) >= 11 is 3.09. The lowest BCUT2D eigenvalue weighted by molar-refractivity contribution is 0.310. The van der Waals surface area contributed by atoms with Crippen molar-refractivity contribution in [1.29, 1.82) is 5.26 Å². The van der Waals surface area contributed by atoms with Crippen molar-refractivity contribution in [2.24, 2.45) is 0 Å². The van der Waals surface area contributed by atoms with Crippen LogP contribution in [0.4, 0.5) is 0 Å². The van der Waals surface area contributed by atoms with Crippen LogP contribution in [-0.2, 0) is 0 Å². The average molecular weight is 368 g/mol. The van der Waals surface area contributed by atoms with Gasteiger partial charge in [-0.3, -0.25) is 0 Å². The number of allylic oxidation sites excluding steroid dienone is 1. The Bertz CT molecular complexity index is 921. The predicted octanol–water partition coefficient (Wildman–Crippen LogP) is 5.34. The third-order valence-electron chi connectivity index (χ3n) is 3.44. The van der Waals surface area contributed by atoms with E-state index in [0.29, 0.717) is 28.7 Å². The summed E-state index contributed by atoms with van der Waals surface area (Å²) in [6.07, 6.45) is 1.79. The van der Waals surface area contributed by atoms with Crippen LogP contribution < -0.4 is 9.47 Å². The molecule has 4 nitrogen and oxygen atoms in total. The fourth-order valence-corrected chi connectivity index (χ4v) is 3.91. The van der Waals surface area contributed by atoms with Gasteiger partial charge in [0.15, 0.2) is 11.5 Å². The molecule has 0 atom stereocenters. The first-order valence-corrected chi connectivity index (χ1v) is 9.44. The highest BCUT2D eigenvalue weighted by Crippen LogP contribution is 2.35. The number of methoxy groups -OCH3 is 1. The third-order valence-corrected chi connectivity index (χ3v) is 5.21. The zero-order valence-corrected chi connectivity index (χ0v) is 15.5. The Morgan fingerprint density at radius 2 is 2.16 bits per heavy atom. The molecule has 0 fully saturated rings. The average Bonchev–Trinajstić information content (AvgIpc) is 3.31. The van der Waals surface area contributed by atoms with E-state index in [1.165, 1.54) is 11.3 Å². The summed E-state index contributed by atoms with van der Waals surface area (Å²) in [7, 11) is 1.60. The lowest BCUT2D eigenvalue weighted by Crippen LogP contribution is -1.97. The topological polar surface area (TPSA) is 55.1 Å². The largest absolute Gasteiger partial charge is 0.492 e. The van der Waals surface area contributed by atoms with Crippen LogP contribution in [0.3, 0.4) is 0 Å². The van der Waals surface area contributed by atoms with Crippen molar-refractivity contribution in [1.82, 2.24) is 4.98 Å². The van der Waals surface area contributed by atoms with Gasteiger partial charge < -0.3 is 9.47 Å². The molecule has 0 aliphatic heterocycles. The molecule has 0 aliphatic carbocycles. The lowest BCUT2D eigenvalue weighted by Gasteiger charge is -2.11. The second kappa shape index (κ2) is 7.97. The van der Waals surface area contributed by atoms with E-state index in [1.54, 1.807) is 24.5 Å². The molecular formula is C19H16N2O2S2. The van der Waals surface area contributed by atoms with Crippen molar-refractivity contribution in [2.75, 3.05) is 13.7 Å². The number of rotatable bonds is 6. The number of benzene rings is 1. The molecule has 0 aliphatic rings. The van der Waals surface area contributed by atoms with Gasteiger partial charge in [0.25, 0.3) is 0 Å². The van der Waals surface area contributed by atoms with Crippen molar-refractivity contribution in [3.63, 3.8) is 0 Å². The molecule has 0 spiro atoms. The number of nitriles is 1. The monoisotopic (exact) mass is 368 g/mol. The molecule has 3 rings (SSSR count). The minimum atomic E-state index is 0.500. The van der Waals surface area contributed by atoms with Crippen LogP contribution >= 0.6 is 22.7 Å². The second-order valence-corrected chi connectivity index (χ2v) is 6.80. The van der Waals surface area contributed by atoms with Crippen molar-refractivity contribution in [2.45, 2.75) is 6.92 Å². The first kappa shape index (κ1) is 17.2. The highest BCUT2D eigenvalue weighted by atomic mass is 32.1. The van der Waals surface area contributed by atoms with Gasteiger partial charge in [0, 0.05) is 10.9 Å². The molecule has 2 heterocycles. The van der Waals surface area contributed by atoms with E-state index in [4.69, 9.17) is 9.47 Å². The fourth-order valence-electron chi connectivity index (χ4n) is 2.37. The number of thiazole rings is 1. The number of aromatic nitrogens is 1. The fraction of sp³-hybridized carbons (Fsp3) is 0.158. The third kappa shape index (κ3) is 3.73. The Hall–Kier alpha value is -2.62. The van der Waals surface area contributed by atoms with Crippen LogP contribution in [0.15, 0.2) is 41.1 Å².